The largest absolute Gasteiger partial charge is 0.361 e. The van der Waals surface area contributed by atoms with Gasteiger partial charge in [0.25, 0.3) is 0 Å². The number of hydrogen-bond donors (Lipinski definition) is 0. The number of Topliss-reactive ketones (excluding diaryl/α,β-unsaturated/α-hetero) is 1. The molecular weight excluding hydrogens is 172 g/mol. The van der Waals surface area contributed by atoms with Crippen LogP contribution in [0.25, 0.3) is 5.53 Å². The zero-order chi connectivity index (χ0) is 10.1. The summed E-state index contributed by atoms with van der Waals surface area (Å²) in [6, 6.07) is 0. The number of ketones is 1. The van der Waals surface area contributed by atoms with Crippen LogP contribution in [0.5, 0.6) is 0 Å². The fourth-order valence-electron chi connectivity index (χ4n) is 0.819. The second-order valence-electron chi connectivity index (χ2n) is 2.26. The molecule has 0 saturated heterocycles. The molecule has 0 saturated carbocycles. The van der Waals surface area contributed by atoms with Crippen LogP contribution in [0.4, 0.5) is 0 Å². The molecule has 0 rings (SSSR count). The average Bonchev–Trinajstić information content (AvgIpc) is 2.05. The van der Waals surface area contributed by atoms with Gasteiger partial charge in [0.2, 0.25) is 5.78 Å². The van der Waals surface area contributed by atoms with Crippen LogP contribution in [-0.4, -0.2) is 36.3 Å². The summed E-state index contributed by atoms with van der Waals surface area (Å²) < 4.78 is 10.2. The van der Waals surface area contributed by atoms with Crippen LogP contribution < -0.4 is 0 Å². The minimum atomic E-state index is -0.541. The van der Waals surface area contributed by atoms with E-state index in [0.29, 0.717) is 13.2 Å². The van der Waals surface area contributed by atoms with E-state index in [2.05, 4.69) is 4.79 Å². The number of rotatable bonds is 7. The highest BCUT2D eigenvalue weighted by atomic mass is 16.7. The predicted octanol–water partition coefficient (Wildman–Crippen LogP) is 0.645. The Kier molecular flexibility index (Phi) is 7.01. The van der Waals surface area contributed by atoms with Crippen molar-refractivity contribution in [2.75, 3.05) is 13.2 Å². The van der Waals surface area contributed by atoms with Crippen molar-refractivity contribution in [3.63, 3.8) is 0 Å². The van der Waals surface area contributed by atoms with Crippen molar-refractivity contribution in [3.05, 3.63) is 5.53 Å². The first-order valence-corrected chi connectivity index (χ1v) is 4.18. The Balaban J connectivity index is 3.92. The third kappa shape index (κ3) is 6.16. The molecule has 0 bridgehead atoms. The third-order valence-corrected chi connectivity index (χ3v) is 1.27. The Labute approximate surface area is 77.3 Å². The summed E-state index contributed by atoms with van der Waals surface area (Å²) in [7, 11) is 0. The summed E-state index contributed by atoms with van der Waals surface area (Å²) in [6.07, 6.45) is 0.372. The van der Waals surface area contributed by atoms with Gasteiger partial charge in [0.15, 0.2) is 6.29 Å². The molecule has 13 heavy (non-hydrogen) atoms. The molecule has 0 aliphatic carbocycles. The van der Waals surface area contributed by atoms with E-state index in [0.717, 1.165) is 6.21 Å². The molecular formula is C8H14N2O3. The molecule has 0 radical (unpaired) electrons. The van der Waals surface area contributed by atoms with Crippen LogP contribution in [0.2, 0.25) is 0 Å². The predicted molar refractivity (Wildman–Crippen MR) is 46.3 cm³/mol. The van der Waals surface area contributed by atoms with Gasteiger partial charge in [-0.05, 0) is 13.8 Å². The highest BCUT2D eigenvalue weighted by molar-refractivity contribution is 6.25. The summed E-state index contributed by atoms with van der Waals surface area (Å²) in [5.74, 6) is -0.325. The Morgan fingerprint density at radius 1 is 1.46 bits per heavy atom. The summed E-state index contributed by atoms with van der Waals surface area (Å²) in [5.41, 5.74) is 8.08. The van der Waals surface area contributed by atoms with Gasteiger partial charge in [-0.1, -0.05) is 0 Å². The normalized spacial score (nSPS) is 9.77. The molecule has 0 fully saturated rings. The van der Waals surface area contributed by atoms with E-state index in [1.54, 1.807) is 0 Å². The fraction of sp³-hybridized carbons (Fsp3) is 0.750. The van der Waals surface area contributed by atoms with E-state index in [1.165, 1.54) is 0 Å². The number of hydrogen-bond acceptors (Lipinski definition) is 3. The lowest BCUT2D eigenvalue weighted by atomic mass is 10.3. The molecule has 5 heteroatoms. The Hall–Kier alpha value is -1.03. The van der Waals surface area contributed by atoms with E-state index in [4.69, 9.17) is 15.0 Å². The van der Waals surface area contributed by atoms with Crippen molar-refractivity contribution in [3.8, 4) is 0 Å². The number of carbonyl (C=O) groups excluding carboxylic acids is 1. The van der Waals surface area contributed by atoms with Crippen LogP contribution in [0.3, 0.4) is 0 Å². The van der Waals surface area contributed by atoms with Crippen LogP contribution in [0, 0.1) is 0 Å². The lowest BCUT2D eigenvalue weighted by molar-refractivity contribution is -0.149. The maximum Gasteiger partial charge on any atom is 0.323 e. The molecule has 74 valence electrons. The van der Waals surface area contributed by atoms with Crippen LogP contribution in [0.15, 0.2) is 0 Å². The van der Waals surface area contributed by atoms with Crippen molar-refractivity contribution < 1.29 is 19.1 Å². The van der Waals surface area contributed by atoms with Gasteiger partial charge in [0.1, 0.15) is 0 Å². The van der Waals surface area contributed by atoms with Crippen LogP contribution >= 0.6 is 0 Å². The highest BCUT2D eigenvalue weighted by Gasteiger charge is 2.14. The van der Waals surface area contributed by atoms with Gasteiger partial charge in [-0.3, -0.25) is 4.79 Å². The number of nitrogens with zero attached hydrogens (tertiary/aromatic N) is 2. The van der Waals surface area contributed by atoms with E-state index in [1.807, 2.05) is 13.8 Å². The van der Waals surface area contributed by atoms with Gasteiger partial charge in [-0.2, -0.15) is 4.79 Å². The van der Waals surface area contributed by atoms with Crippen LogP contribution in [-0.2, 0) is 14.3 Å². The van der Waals surface area contributed by atoms with Crippen molar-refractivity contribution >= 4 is 12.0 Å². The van der Waals surface area contributed by atoms with E-state index in [9.17, 15) is 4.79 Å². The monoisotopic (exact) mass is 186 g/mol. The van der Waals surface area contributed by atoms with E-state index in [-0.39, 0.29) is 12.2 Å². The van der Waals surface area contributed by atoms with Gasteiger partial charge in [-0.15, -0.1) is 0 Å². The second-order valence-corrected chi connectivity index (χ2v) is 2.26. The van der Waals surface area contributed by atoms with Crippen LogP contribution in [0.1, 0.15) is 20.3 Å². The Bertz CT molecular complexity index is 194. The summed E-state index contributed by atoms with van der Waals surface area (Å²) in [4.78, 5) is 13.6. The maximum absolute atomic E-state index is 10.9. The molecule has 0 aliphatic rings. The number of ether oxygens (including phenoxy) is 2. The molecule has 0 aromatic rings. The molecule has 0 heterocycles. The van der Waals surface area contributed by atoms with Crippen molar-refractivity contribution in [2.24, 2.45) is 0 Å². The first-order valence-electron chi connectivity index (χ1n) is 4.18. The zero-order valence-electron chi connectivity index (χ0n) is 7.90. The van der Waals surface area contributed by atoms with Crippen molar-refractivity contribution in [2.45, 2.75) is 26.6 Å². The van der Waals surface area contributed by atoms with E-state index >= 15 is 0 Å². The molecule has 0 aromatic heterocycles. The highest BCUT2D eigenvalue weighted by Crippen LogP contribution is 2.00. The fourth-order valence-corrected chi connectivity index (χ4v) is 0.819. The summed E-state index contributed by atoms with van der Waals surface area (Å²) >= 11 is 0. The topological polar surface area (TPSA) is 71.9 Å². The second kappa shape index (κ2) is 7.61. The summed E-state index contributed by atoms with van der Waals surface area (Å²) in [5, 5.41) is 0. The lowest BCUT2D eigenvalue weighted by Crippen LogP contribution is -2.22. The Morgan fingerprint density at radius 3 is 2.38 bits per heavy atom. The third-order valence-electron chi connectivity index (χ3n) is 1.27. The molecule has 0 spiro atoms. The van der Waals surface area contributed by atoms with Gasteiger partial charge >= 0.3 is 6.21 Å². The van der Waals surface area contributed by atoms with Gasteiger partial charge in [0, 0.05) is 13.2 Å². The average molecular weight is 186 g/mol. The van der Waals surface area contributed by atoms with Crippen molar-refractivity contribution in [1.29, 1.82) is 0 Å². The SMILES string of the molecule is CCOC(CC(=O)C=[N+]=[N-])OCC. The smallest absolute Gasteiger partial charge is 0.323 e. The molecule has 0 amide bonds. The minimum Gasteiger partial charge on any atom is -0.361 e. The van der Waals surface area contributed by atoms with Gasteiger partial charge in [-0.25, -0.2) is 0 Å². The number of carbonyl (C=O) groups is 1. The molecule has 0 aliphatic heterocycles. The molecule has 0 unspecified atom stereocenters. The molecule has 5 nitrogen and oxygen atoms in total. The van der Waals surface area contributed by atoms with Crippen molar-refractivity contribution in [1.82, 2.24) is 0 Å². The first-order chi connectivity index (χ1) is 6.24. The van der Waals surface area contributed by atoms with Gasteiger partial charge < -0.3 is 15.0 Å². The standard InChI is InChI=1S/C8H14N2O3/c1-3-12-8(13-4-2)5-7(11)6-10-9/h6,8H,3-5H2,1-2H3. The molecule has 0 aromatic carbocycles. The minimum absolute atomic E-state index is 0.0751. The summed E-state index contributed by atoms with van der Waals surface area (Å²) in [6.45, 7) is 4.59. The molecule has 0 atom stereocenters. The Morgan fingerprint density at radius 2 is 2.00 bits per heavy atom. The first kappa shape index (κ1) is 12.0. The molecule has 0 N–H and O–H groups in total. The lowest BCUT2D eigenvalue weighted by Gasteiger charge is -2.13. The van der Waals surface area contributed by atoms with E-state index < -0.39 is 6.29 Å². The quantitative estimate of drug-likeness (QED) is 0.253. The maximum atomic E-state index is 10.9. The zero-order valence-corrected chi connectivity index (χ0v) is 7.90. The van der Waals surface area contributed by atoms with Gasteiger partial charge in [0.05, 0.1) is 6.42 Å².